The van der Waals surface area contributed by atoms with E-state index < -0.39 is 5.54 Å². The third-order valence-electron chi connectivity index (χ3n) is 4.39. The monoisotopic (exact) mass is 291 g/mol. The van der Waals surface area contributed by atoms with Crippen LogP contribution in [0.25, 0.3) is 0 Å². The molecule has 0 aliphatic heterocycles. The summed E-state index contributed by atoms with van der Waals surface area (Å²) in [5, 5.41) is 3.15. The molecule has 2 unspecified atom stereocenters. The van der Waals surface area contributed by atoms with Gasteiger partial charge in [-0.15, -0.1) is 0 Å². The Labute approximate surface area is 126 Å². The van der Waals surface area contributed by atoms with Crippen LogP contribution in [-0.2, 0) is 16.0 Å². The first-order valence-corrected chi connectivity index (χ1v) is 7.66. The number of benzene rings is 1. The molecule has 0 aromatic heterocycles. The van der Waals surface area contributed by atoms with Gasteiger partial charge in [0.2, 0.25) is 0 Å². The molecule has 116 valence electrons. The number of hydrogen-bond donors (Lipinski definition) is 1. The van der Waals surface area contributed by atoms with Gasteiger partial charge in [0.15, 0.2) is 0 Å². The first kappa shape index (κ1) is 15.8. The lowest BCUT2D eigenvalue weighted by Gasteiger charge is -2.38. The van der Waals surface area contributed by atoms with E-state index in [4.69, 9.17) is 9.47 Å². The van der Waals surface area contributed by atoms with Crippen molar-refractivity contribution in [1.82, 2.24) is 5.32 Å². The van der Waals surface area contributed by atoms with E-state index in [0.717, 1.165) is 31.4 Å². The molecule has 1 N–H and O–H groups in total. The van der Waals surface area contributed by atoms with Crippen molar-refractivity contribution in [2.45, 2.75) is 50.7 Å². The number of methoxy groups -OCH3 is 1. The van der Waals surface area contributed by atoms with Gasteiger partial charge in [0, 0.05) is 6.42 Å². The predicted molar refractivity (Wildman–Crippen MR) is 82.5 cm³/mol. The minimum atomic E-state index is -0.610. The molecule has 1 aliphatic carbocycles. The molecule has 0 radical (unpaired) electrons. The number of hydrogen-bond acceptors (Lipinski definition) is 4. The zero-order valence-electron chi connectivity index (χ0n) is 13.1. The average Bonchev–Trinajstić information content (AvgIpc) is 2.55. The third-order valence-corrected chi connectivity index (χ3v) is 4.39. The highest BCUT2D eigenvalue weighted by atomic mass is 16.5. The van der Waals surface area contributed by atoms with E-state index in [2.05, 4.69) is 24.4 Å². The topological polar surface area (TPSA) is 47.6 Å². The van der Waals surface area contributed by atoms with Crippen LogP contribution >= 0.6 is 0 Å². The second-order valence-electron chi connectivity index (χ2n) is 5.66. The Hall–Kier alpha value is -1.55. The van der Waals surface area contributed by atoms with Crippen LogP contribution in [0.4, 0.5) is 0 Å². The summed E-state index contributed by atoms with van der Waals surface area (Å²) in [6.07, 6.45) is 4.42. The quantitative estimate of drug-likeness (QED) is 0.847. The number of esters is 1. The van der Waals surface area contributed by atoms with E-state index in [-0.39, 0.29) is 12.1 Å². The molecule has 1 fully saturated rings. The summed E-state index contributed by atoms with van der Waals surface area (Å²) in [7, 11) is 3.25. The fraction of sp³-hybridized carbons (Fsp3) is 0.588. The number of ether oxygens (including phenoxy) is 2. The fourth-order valence-corrected chi connectivity index (χ4v) is 3.03. The molecule has 2 atom stereocenters. The first-order valence-electron chi connectivity index (χ1n) is 7.66. The molecular formula is C17H25NO3. The van der Waals surface area contributed by atoms with Gasteiger partial charge in [-0.05, 0) is 50.4 Å². The lowest BCUT2D eigenvalue weighted by atomic mass is 9.80. The number of aryl methyl sites for hydroxylation is 1. The molecule has 2 rings (SSSR count). The summed E-state index contributed by atoms with van der Waals surface area (Å²) in [5.41, 5.74) is 0.686. The number of nitrogens with one attached hydrogen (secondary N) is 1. The van der Waals surface area contributed by atoms with Gasteiger partial charge in [0.1, 0.15) is 17.4 Å². The van der Waals surface area contributed by atoms with Crippen molar-refractivity contribution in [2.75, 3.05) is 14.2 Å². The van der Waals surface area contributed by atoms with Gasteiger partial charge in [-0.25, -0.2) is 0 Å². The average molecular weight is 291 g/mol. The summed E-state index contributed by atoms with van der Waals surface area (Å²) in [6.45, 7) is 2.13. The standard InChI is InChI=1S/C17H25NO3/c1-4-13-7-9-14(10-8-13)21-15-6-5-11-17(12-15,18-2)16(19)20-3/h7-10,15,18H,4-6,11-12H2,1-3H3. The Bertz CT molecular complexity index is 471. The van der Waals surface area contributed by atoms with Crippen LogP contribution < -0.4 is 10.1 Å². The summed E-state index contributed by atoms with van der Waals surface area (Å²) < 4.78 is 11.0. The molecular weight excluding hydrogens is 266 g/mol. The largest absolute Gasteiger partial charge is 0.490 e. The number of carbonyl (C=O) groups excluding carboxylic acids is 1. The fourth-order valence-electron chi connectivity index (χ4n) is 3.03. The van der Waals surface area contributed by atoms with Crippen molar-refractivity contribution in [3.05, 3.63) is 29.8 Å². The second-order valence-corrected chi connectivity index (χ2v) is 5.66. The molecule has 21 heavy (non-hydrogen) atoms. The van der Waals surface area contributed by atoms with E-state index in [1.807, 2.05) is 19.2 Å². The van der Waals surface area contributed by atoms with Gasteiger partial charge in [0.25, 0.3) is 0 Å². The van der Waals surface area contributed by atoms with E-state index in [9.17, 15) is 4.79 Å². The minimum absolute atomic E-state index is 0.0396. The van der Waals surface area contributed by atoms with Crippen LogP contribution in [-0.4, -0.2) is 31.8 Å². The Morgan fingerprint density at radius 3 is 2.67 bits per heavy atom. The van der Waals surface area contributed by atoms with Gasteiger partial charge in [0.05, 0.1) is 7.11 Å². The van der Waals surface area contributed by atoms with Crippen molar-refractivity contribution in [2.24, 2.45) is 0 Å². The maximum atomic E-state index is 12.1. The van der Waals surface area contributed by atoms with Gasteiger partial charge >= 0.3 is 5.97 Å². The predicted octanol–water partition coefficient (Wildman–Crippen LogP) is 2.70. The molecule has 1 aliphatic rings. The van der Waals surface area contributed by atoms with E-state index in [0.29, 0.717) is 6.42 Å². The second kappa shape index (κ2) is 6.94. The van der Waals surface area contributed by atoms with Crippen LogP contribution in [0, 0.1) is 0 Å². The molecule has 4 nitrogen and oxygen atoms in total. The molecule has 1 saturated carbocycles. The SMILES string of the molecule is CCc1ccc(OC2CCCC(NC)(C(=O)OC)C2)cc1. The summed E-state index contributed by atoms with van der Waals surface area (Å²) in [4.78, 5) is 12.1. The van der Waals surface area contributed by atoms with Crippen LogP contribution in [0.2, 0.25) is 0 Å². The third kappa shape index (κ3) is 3.56. The zero-order chi connectivity index (χ0) is 15.3. The minimum Gasteiger partial charge on any atom is -0.490 e. The lowest BCUT2D eigenvalue weighted by Crippen LogP contribution is -2.55. The maximum absolute atomic E-state index is 12.1. The van der Waals surface area contributed by atoms with Gasteiger partial charge in [-0.3, -0.25) is 4.79 Å². The number of rotatable bonds is 5. The first-order chi connectivity index (χ1) is 10.1. The van der Waals surface area contributed by atoms with Crippen LogP contribution in [0.5, 0.6) is 5.75 Å². The van der Waals surface area contributed by atoms with Crippen molar-refractivity contribution in [1.29, 1.82) is 0 Å². The number of likely N-dealkylation sites (N-methyl/N-ethyl adjacent to an activating group) is 1. The zero-order valence-corrected chi connectivity index (χ0v) is 13.1. The van der Waals surface area contributed by atoms with E-state index in [1.165, 1.54) is 12.7 Å². The molecule has 0 amide bonds. The molecule has 1 aromatic rings. The molecule has 0 bridgehead atoms. The van der Waals surface area contributed by atoms with Crippen molar-refractivity contribution in [3.8, 4) is 5.75 Å². The maximum Gasteiger partial charge on any atom is 0.326 e. The normalized spacial score (nSPS) is 25.4. The smallest absolute Gasteiger partial charge is 0.326 e. The number of carbonyl (C=O) groups is 1. The van der Waals surface area contributed by atoms with Crippen LogP contribution in [0.3, 0.4) is 0 Å². The lowest BCUT2D eigenvalue weighted by molar-refractivity contribution is -0.151. The Balaban J connectivity index is 2.04. The van der Waals surface area contributed by atoms with E-state index in [1.54, 1.807) is 0 Å². The summed E-state index contributed by atoms with van der Waals surface area (Å²) in [5.74, 6) is 0.675. The molecule has 0 spiro atoms. The summed E-state index contributed by atoms with van der Waals surface area (Å²) >= 11 is 0. The molecule has 1 aromatic carbocycles. The van der Waals surface area contributed by atoms with Crippen molar-refractivity contribution < 1.29 is 14.3 Å². The van der Waals surface area contributed by atoms with Gasteiger partial charge in [-0.2, -0.15) is 0 Å². The Morgan fingerprint density at radius 2 is 2.10 bits per heavy atom. The molecule has 4 heteroatoms. The molecule has 0 heterocycles. The van der Waals surface area contributed by atoms with E-state index >= 15 is 0 Å². The Kier molecular flexibility index (Phi) is 5.23. The van der Waals surface area contributed by atoms with Crippen LogP contribution in [0.15, 0.2) is 24.3 Å². The van der Waals surface area contributed by atoms with Crippen LogP contribution in [0.1, 0.15) is 38.2 Å². The van der Waals surface area contributed by atoms with Gasteiger partial charge in [-0.1, -0.05) is 19.1 Å². The summed E-state index contributed by atoms with van der Waals surface area (Å²) in [6, 6.07) is 8.19. The molecule has 0 saturated heterocycles. The van der Waals surface area contributed by atoms with Crippen molar-refractivity contribution in [3.63, 3.8) is 0 Å². The highest BCUT2D eigenvalue weighted by Crippen LogP contribution is 2.32. The highest BCUT2D eigenvalue weighted by molar-refractivity contribution is 5.81. The highest BCUT2D eigenvalue weighted by Gasteiger charge is 2.43. The van der Waals surface area contributed by atoms with Gasteiger partial charge < -0.3 is 14.8 Å². The Morgan fingerprint density at radius 1 is 1.38 bits per heavy atom. The van der Waals surface area contributed by atoms with Crippen molar-refractivity contribution >= 4 is 5.97 Å².